The fraction of sp³-hybridized carbons (Fsp3) is 1.00. The number of rotatable bonds is 0. The Hall–Kier alpha value is 0.460. The normalized spacial score (nSPS) is 42.9. The maximum Gasteiger partial charge on any atom is 0.0638 e. The van der Waals surface area contributed by atoms with E-state index >= 15 is 0 Å². The van der Waals surface area contributed by atoms with E-state index in [0.29, 0.717) is 0 Å². The van der Waals surface area contributed by atoms with E-state index in [-0.39, 0.29) is 42.4 Å². The third-order valence-corrected chi connectivity index (χ3v) is 3.33. The van der Waals surface area contributed by atoms with Gasteiger partial charge >= 0.3 is 0 Å². The van der Waals surface area contributed by atoms with Crippen LogP contribution in [-0.4, -0.2) is 30.3 Å². The van der Waals surface area contributed by atoms with Crippen LogP contribution in [0.4, 0.5) is 0 Å². The van der Waals surface area contributed by atoms with Crippen molar-refractivity contribution in [3.63, 3.8) is 0 Å². The number of aliphatic hydroxyl groups is 1. The summed E-state index contributed by atoms with van der Waals surface area (Å²) >= 11 is 0. The predicted molar refractivity (Wildman–Crippen MR) is 57.6 cm³/mol. The summed E-state index contributed by atoms with van der Waals surface area (Å²) in [5, 5.41) is 12.9. The second-order valence-electron chi connectivity index (χ2n) is 3.87. The van der Waals surface area contributed by atoms with Crippen LogP contribution in [0.2, 0.25) is 0 Å². The molecular formula is C8H18Cl2N2O. The molecule has 0 aromatic carbocycles. The average molecular weight is 229 g/mol. The van der Waals surface area contributed by atoms with Gasteiger partial charge in [-0.25, -0.2) is 0 Å². The lowest BCUT2D eigenvalue weighted by atomic mass is 9.59. The number of piperidine rings is 1. The molecule has 3 atom stereocenters. The Bertz CT molecular complexity index is 152. The quantitative estimate of drug-likeness (QED) is 0.559. The van der Waals surface area contributed by atoms with Gasteiger partial charge in [0, 0.05) is 18.0 Å². The van der Waals surface area contributed by atoms with Crippen LogP contribution in [0.15, 0.2) is 0 Å². The van der Waals surface area contributed by atoms with Gasteiger partial charge < -0.3 is 16.2 Å². The summed E-state index contributed by atoms with van der Waals surface area (Å²) in [4.78, 5) is 0. The van der Waals surface area contributed by atoms with Crippen LogP contribution in [0.25, 0.3) is 0 Å². The van der Waals surface area contributed by atoms with E-state index in [1.807, 2.05) is 0 Å². The molecule has 1 heterocycles. The van der Waals surface area contributed by atoms with Crippen molar-refractivity contribution in [1.82, 2.24) is 5.32 Å². The zero-order chi connectivity index (χ0) is 7.90. The second-order valence-corrected chi connectivity index (χ2v) is 3.87. The van der Waals surface area contributed by atoms with Crippen molar-refractivity contribution in [1.29, 1.82) is 0 Å². The van der Waals surface area contributed by atoms with Crippen LogP contribution in [0.5, 0.6) is 0 Å². The highest BCUT2D eigenvalue weighted by Gasteiger charge is 2.52. The molecule has 2 aliphatic rings. The van der Waals surface area contributed by atoms with Gasteiger partial charge in [0.25, 0.3) is 0 Å². The van der Waals surface area contributed by atoms with Crippen molar-refractivity contribution in [2.45, 2.75) is 31.4 Å². The summed E-state index contributed by atoms with van der Waals surface area (Å²) < 4.78 is 0. The van der Waals surface area contributed by atoms with Gasteiger partial charge in [-0.1, -0.05) is 0 Å². The molecule has 2 fully saturated rings. The highest BCUT2D eigenvalue weighted by Crippen LogP contribution is 2.44. The first-order chi connectivity index (χ1) is 5.26. The molecule has 1 spiro atoms. The van der Waals surface area contributed by atoms with Crippen molar-refractivity contribution in [3.05, 3.63) is 0 Å². The largest absolute Gasteiger partial charge is 0.392 e. The number of halogens is 2. The first-order valence-corrected chi connectivity index (χ1v) is 4.40. The Balaban J connectivity index is 0.000000720. The Labute approximate surface area is 91.3 Å². The van der Waals surface area contributed by atoms with Crippen LogP contribution in [0.1, 0.15) is 19.3 Å². The van der Waals surface area contributed by atoms with E-state index in [4.69, 9.17) is 5.73 Å². The number of nitrogens with one attached hydrogen (secondary N) is 1. The minimum atomic E-state index is -0.148. The highest BCUT2D eigenvalue weighted by molar-refractivity contribution is 5.85. The van der Waals surface area contributed by atoms with Crippen molar-refractivity contribution in [3.8, 4) is 0 Å². The lowest BCUT2D eigenvalue weighted by Crippen LogP contribution is -2.66. The van der Waals surface area contributed by atoms with Gasteiger partial charge in [0.2, 0.25) is 0 Å². The summed E-state index contributed by atoms with van der Waals surface area (Å²) in [5.41, 5.74) is 5.92. The van der Waals surface area contributed by atoms with Crippen LogP contribution in [0.3, 0.4) is 0 Å². The zero-order valence-corrected chi connectivity index (χ0v) is 9.16. The van der Waals surface area contributed by atoms with Crippen molar-refractivity contribution in [2.24, 2.45) is 11.1 Å². The van der Waals surface area contributed by atoms with Gasteiger partial charge in [-0.15, -0.1) is 24.8 Å². The number of nitrogens with two attached hydrogens (primary N) is 1. The molecule has 4 N–H and O–H groups in total. The topological polar surface area (TPSA) is 58.3 Å². The van der Waals surface area contributed by atoms with Crippen molar-refractivity contribution < 1.29 is 5.11 Å². The van der Waals surface area contributed by atoms with Crippen LogP contribution >= 0.6 is 24.8 Å². The molecular weight excluding hydrogens is 211 g/mol. The van der Waals surface area contributed by atoms with E-state index < -0.39 is 0 Å². The molecule has 13 heavy (non-hydrogen) atoms. The minimum Gasteiger partial charge on any atom is -0.392 e. The molecule has 0 amide bonds. The van der Waals surface area contributed by atoms with Crippen molar-refractivity contribution >= 4 is 24.8 Å². The third-order valence-electron chi connectivity index (χ3n) is 3.33. The number of aliphatic hydroxyl groups excluding tert-OH is 1. The van der Waals surface area contributed by atoms with Gasteiger partial charge in [-0.05, 0) is 25.8 Å². The number of hydrogen-bond acceptors (Lipinski definition) is 3. The Kier molecular flexibility index (Phi) is 4.97. The monoisotopic (exact) mass is 228 g/mol. The minimum absolute atomic E-state index is 0. The molecule has 1 saturated carbocycles. The lowest BCUT2D eigenvalue weighted by molar-refractivity contribution is -0.0963. The van der Waals surface area contributed by atoms with Crippen LogP contribution < -0.4 is 11.1 Å². The van der Waals surface area contributed by atoms with E-state index in [1.54, 1.807) is 0 Å². The van der Waals surface area contributed by atoms with Gasteiger partial charge in [0.1, 0.15) is 0 Å². The average Bonchev–Trinajstić information content (AvgIpc) is 2.07. The fourth-order valence-electron chi connectivity index (χ4n) is 2.35. The molecule has 0 bridgehead atoms. The van der Waals surface area contributed by atoms with Gasteiger partial charge in [-0.3, -0.25) is 0 Å². The van der Waals surface area contributed by atoms with Crippen LogP contribution in [-0.2, 0) is 0 Å². The van der Waals surface area contributed by atoms with Gasteiger partial charge in [-0.2, -0.15) is 0 Å². The maximum atomic E-state index is 9.57. The van der Waals surface area contributed by atoms with E-state index in [2.05, 4.69) is 5.32 Å². The Morgan fingerprint density at radius 1 is 1.38 bits per heavy atom. The molecule has 0 aromatic heterocycles. The molecule has 3 nitrogen and oxygen atoms in total. The SMILES string of the molecule is Cl.Cl.NC1CC(O)C12CCCNC2. The molecule has 1 aliphatic heterocycles. The summed E-state index contributed by atoms with van der Waals surface area (Å²) in [5.74, 6) is 0. The third kappa shape index (κ3) is 1.95. The molecule has 5 heteroatoms. The smallest absolute Gasteiger partial charge is 0.0638 e. The van der Waals surface area contributed by atoms with E-state index in [9.17, 15) is 5.11 Å². The van der Waals surface area contributed by atoms with Crippen LogP contribution in [0, 0.1) is 5.41 Å². The summed E-state index contributed by atoms with van der Waals surface area (Å²) in [6.07, 6.45) is 2.90. The van der Waals surface area contributed by atoms with E-state index in [1.165, 1.54) is 0 Å². The summed E-state index contributed by atoms with van der Waals surface area (Å²) in [7, 11) is 0. The summed E-state index contributed by atoms with van der Waals surface area (Å²) in [6, 6.07) is 0.227. The molecule has 1 aliphatic carbocycles. The standard InChI is InChI=1S/C8H16N2O.2ClH/c9-6-4-7(11)8(6)2-1-3-10-5-8;;/h6-7,10-11H,1-5,9H2;2*1H. The molecule has 3 unspecified atom stereocenters. The Morgan fingerprint density at radius 2 is 2.08 bits per heavy atom. The Morgan fingerprint density at radius 3 is 2.38 bits per heavy atom. The van der Waals surface area contributed by atoms with E-state index in [0.717, 1.165) is 32.4 Å². The van der Waals surface area contributed by atoms with Gasteiger partial charge in [0.05, 0.1) is 6.10 Å². The highest BCUT2D eigenvalue weighted by atomic mass is 35.5. The zero-order valence-electron chi connectivity index (χ0n) is 7.53. The molecule has 0 aromatic rings. The fourth-order valence-corrected chi connectivity index (χ4v) is 2.35. The van der Waals surface area contributed by atoms with Crippen molar-refractivity contribution in [2.75, 3.05) is 13.1 Å². The molecule has 0 radical (unpaired) electrons. The first kappa shape index (κ1) is 13.5. The lowest BCUT2D eigenvalue weighted by Gasteiger charge is -2.54. The number of hydrogen-bond donors (Lipinski definition) is 3. The summed E-state index contributed by atoms with van der Waals surface area (Å²) in [6.45, 7) is 2.00. The van der Waals surface area contributed by atoms with Gasteiger partial charge in [0.15, 0.2) is 0 Å². The molecule has 2 rings (SSSR count). The second kappa shape index (κ2) is 4.80. The predicted octanol–water partition coefficient (Wildman–Crippen LogP) is 0.292. The molecule has 80 valence electrons. The first-order valence-electron chi connectivity index (χ1n) is 4.40. The molecule has 1 saturated heterocycles. The maximum absolute atomic E-state index is 9.57.